The molecule has 1 aliphatic rings. The fraction of sp³-hybridized carbons (Fsp3) is 0.444. The van der Waals surface area contributed by atoms with Crippen molar-refractivity contribution >= 4 is 12.1 Å². The highest BCUT2D eigenvalue weighted by Gasteiger charge is 2.47. The van der Waals surface area contributed by atoms with Crippen molar-refractivity contribution in [3.8, 4) is 0 Å². The molecule has 2 nitrogen and oxygen atoms in total. The van der Waals surface area contributed by atoms with Gasteiger partial charge in [-0.05, 0) is 55.4 Å². The molecule has 1 atom stereocenters. The first-order chi connectivity index (χ1) is 9.27. The number of hydrogen-bond acceptors (Lipinski definition) is 2. The molecule has 1 aliphatic carbocycles. The molecule has 0 unspecified atom stereocenters. The van der Waals surface area contributed by atoms with Crippen molar-refractivity contribution in [2.24, 2.45) is 0 Å². The van der Waals surface area contributed by atoms with Gasteiger partial charge in [0.1, 0.15) is 6.29 Å². The lowest BCUT2D eigenvalue weighted by Crippen LogP contribution is -2.25. The van der Waals surface area contributed by atoms with Crippen LogP contribution in [0.1, 0.15) is 61.2 Å². The number of carbonyl (C=O) groups is 2. The summed E-state index contributed by atoms with van der Waals surface area (Å²) in [5.74, 6) is -0.00683. The van der Waals surface area contributed by atoms with E-state index in [9.17, 15) is 9.59 Å². The molecule has 2 rings (SSSR count). The summed E-state index contributed by atoms with van der Waals surface area (Å²) < 4.78 is 0. The summed E-state index contributed by atoms with van der Waals surface area (Å²) in [6.45, 7) is 9.99. The zero-order chi connectivity index (χ0) is 15.1. The fourth-order valence-corrected chi connectivity index (χ4v) is 3.62. The van der Waals surface area contributed by atoms with Gasteiger partial charge in [-0.15, -0.1) is 0 Å². The molecule has 0 amide bonds. The van der Waals surface area contributed by atoms with E-state index in [-0.39, 0.29) is 11.2 Å². The van der Waals surface area contributed by atoms with Gasteiger partial charge in [-0.2, -0.15) is 0 Å². The van der Waals surface area contributed by atoms with E-state index in [1.54, 1.807) is 12.2 Å². The van der Waals surface area contributed by atoms with E-state index in [2.05, 4.69) is 19.9 Å². The van der Waals surface area contributed by atoms with E-state index >= 15 is 0 Å². The number of aryl methyl sites for hydroxylation is 1. The average Bonchev–Trinajstić information content (AvgIpc) is 2.57. The Morgan fingerprint density at radius 2 is 1.90 bits per heavy atom. The SMILES string of the molecule is C/C=C/C(=O)c1c(C)ccc2c1[C@@](C)(C=O)CC2(C)C. The lowest BCUT2D eigenvalue weighted by atomic mass is 9.79. The highest BCUT2D eigenvalue weighted by atomic mass is 16.1. The third-order valence-electron chi connectivity index (χ3n) is 4.35. The number of carbonyl (C=O) groups excluding carboxylic acids is 2. The lowest BCUT2D eigenvalue weighted by molar-refractivity contribution is -0.112. The molecule has 0 heterocycles. The molecule has 106 valence electrons. The van der Waals surface area contributed by atoms with Crippen molar-refractivity contribution in [2.75, 3.05) is 0 Å². The summed E-state index contributed by atoms with van der Waals surface area (Å²) in [5.41, 5.74) is 3.06. The van der Waals surface area contributed by atoms with Crippen LogP contribution in [0.15, 0.2) is 24.3 Å². The Morgan fingerprint density at radius 1 is 1.25 bits per heavy atom. The zero-order valence-corrected chi connectivity index (χ0v) is 12.9. The highest BCUT2D eigenvalue weighted by molar-refractivity contribution is 6.08. The van der Waals surface area contributed by atoms with Gasteiger partial charge >= 0.3 is 0 Å². The predicted octanol–water partition coefficient (Wildman–Crippen LogP) is 3.89. The average molecular weight is 270 g/mol. The van der Waals surface area contributed by atoms with Gasteiger partial charge in [0.15, 0.2) is 5.78 Å². The smallest absolute Gasteiger partial charge is 0.186 e. The van der Waals surface area contributed by atoms with Crippen molar-refractivity contribution in [2.45, 2.75) is 51.9 Å². The van der Waals surface area contributed by atoms with Crippen LogP contribution in [-0.4, -0.2) is 12.1 Å². The van der Waals surface area contributed by atoms with E-state index in [0.717, 1.165) is 29.4 Å². The second-order valence-electron chi connectivity index (χ2n) is 6.64. The van der Waals surface area contributed by atoms with Gasteiger partial charge in [-0.3, -0.25) is 4.79 Å². The Balaban J connectivity index is 2.82. The van der Waals surface area contributed by atoms with Crippen molar-refractivity contribution in [1.29, 1.82) is 0 Å². The molecule has 0 N–H and O–H groups in total. The topological polar surface area (TPSA) is 34.1 Å². The third-order valence-corrected chi connectivity index (χ3v) is 4.35. The summed E-state index contributed by atoms with van der Waals surface area (Å²) in [4.78, 5) is 24.1. The van der Waals surface area contributed by atoms with Gasteiger partial charge in [-0.25, -0.2) is 0 Å². The predicted molar refractivity (Wildman–Crippen MR) is 81.4 cm³/mol. The number of benzene rings is 1. The van der Waals surface area contributed by atoms with E-state index in [0.29, 0.717) is 5.56 Å². The molecule has 0 spiro atoms. The maximum Gasteiger partial charge on any atom is 0.186 e. The second-order valence-corrected chi connectivity index (χ2v) is 6.64. The molecule has 0 bridgehead atoms. The number of allylic oxidation sites excluding steroid dienone is 2. The summed E-state index contributed by atoms with van der Waals surface area (Å²) in [7, 11) is 0. The minimum Gasteiger partial charge on any atom is -0.302 e. The Morgan fingerprint density at radius 3 is 2.45 bits per heavy atom. The van der Waals surface area contributed by atoms with Crippen LogP contribution in [-0.2, 0) is 15.6 Å². The molecule has 2 heteroatoms. The Kier molecular flexibility index (Phi) is 3.45. The quantitative estimate of drug-likeness (QED) is 0.474. The fourth-order valence-electron chi connectivity index (χ4n) is 3.62. The first-order valence-corrected chi connectivity index (χ1v) is 7.05. The maximum atomic E-state index is 12.4. The zero-order valence-electron chi connectivity index (χ0n) is 12.9. The van der Waals surface area contributed by atoms with Crippen LogP contribution in [0, 0.1) is 6.92 Å². The Hall–Kier alpha value is -1.70. The minimum absolute atomic E-state index is 0.00683. The van der Waals surface area contributed by atoms with Crippen LogP contribution in [0.3, 0.4) is 0 Å². The molecule has 0 aromatic heterocycles. The number of rotatable bonds is 3. The van der Waals surface area contributed by atoms with Gasteiger partial charge in [0.25, 0.3) is 0 Å². The van der Waals surface area contributed by atoms with E-state index in [1.165, 1.54) is 0 Å². The molecule has 0 aliphatic heterocycles. The molecule has 0 saturated carbocycles. The van der Waals surface area contributed by atoms with Crippen LogP contribution >= 0.6 is 0 Å². The Bertz CT molecular complexity index is 608. The summed E-state index contributed by atoms with van der Waals surface area (Å²) in [5, 5.41) is 0. The van der Waals surface area contributed by atoms with Crippen LogP contribution in [0.25, 0.3) is 0 Å². The van der Waals surface area contributed by atoms with E-state index in [1.807, 2.05) is 26.8 Å². The molecule has 0 saturated heterocycles. The molecule has 0 radical (unpaired) electrons. The maximum absolute atomic E-state index is 12.4. The number of aldehydes is 1. The monoisotopic (exact) mass is 270 g/mol. The van der Waals surface area contributed by atoms with Crippen LogP contribution in [0.2, 0.25) is 0 Å². The van der Waals surface area contributed by atoms with Crippen molar-refractivity contribution in [3.63, 3.8) is 0 Å². The second kappa shape index (κ2) is 4.69. The molecular weight excluding hydrogens is 248 g/mol. The lowest BCUT2D eigenvalue weighted by Gasteiger charge is -2.22. The van der Waals surface area contributed by atoms with E-state index in [4.69, 9.17) is 0 Å². The first-order valence-electron chi connectivity index (χ1n) is 7.05. The normalized spacial score (nSPS) is 23.9. The van der Waals surface area contributed by atoms with Gasteiger partial charge in [-0.1, -0.05) is 32.1 Å². The minimum atomic E-state index is -0.572. The molecular formula is C18H22O2. The first kappa shape index (κ1) is 14.7. The third kappa shape index (κ3) is 2.04. The van der Waals surface area contributed by atoms with Gasteiger partial charge in [0.2, 0.25) is 0 Å². The standard InChI is InChI=1S/C18H22O2/c1-6-7-14(20)15-12(2)8-9-13-16(15)18(5,11-19)10-17(13,3)4/h6-9,11H,10H2,1-5H3/b7-6+/t18-/m1/s1. The highest BCUT2D eigenvalue weighted by Crippen LogP contribution is 2.50. The number of fused-ring (bicyclic) bond motifs is 1. The molecule has 0 fully saturated rings. The summed E-state index contributed by atoms with van der Waals surface area (Å²) in [6, 6.07) is 4.07. The number of ketones is 1. The van der Waals surface area contributed by atoms with Gasteiger partial charge < -0.3 is 4.79 Å². The van der Waals surface area contributed by atoms with Crippen molar-refractivity contribution < 1.29 is 9.59 Å². The van der Waals surface area contributed by atoms with Crippen LogP contribution in [0.4, 0.5) is 0 Å². The van der Waals surface area contributed by atoms with Crippen molar-refractivity contribution in [3.05, 3.63) is 46.5 Å². The Labute approximate surface area is 120 Å². The van der Waals surface area contributed by atoms with Crippen LogP contribution in [0.5, 0.6) is 0 Å². The van der Waals surface area contributed by atoms with E-state index < -0.39 is 5.41 Å². The molecule has 20 heavy (non-hydrogen) atoms. The van der Waals surface area contributed by atoms with Crippen molar-refractivity contribution in [1.82, 2.24) is 0 Å². The summed E-state index contributed by atoms with van der Waals surface area (Å²) in [6.07, 6.45) is 5.09. The molecule has 1 aromatic carbocycles. The largest absolute Gasteiger partial charge is 0.302 e. The van der Waals surface area contributed by atoms with Gasteiger partial charge in [0.05, 0.1) is 0 Å². The van der Waals surface area contributed by atoms with Crippen LogP contribution < -0.4 is 0 Å². The molecule has 1 aromatic rings. The van der Waals surface area contributed by atoms with Gasteiger partial charge in [0, 0.05) is 11.0 Å². The summed E-state index contributed by atoms with van der Waals surface area (Å²) >= 11 is 0. The number of hydrogen-bond donors (Lipinski definition) is 0.